The second-order valence-electron chi connectivity index (χ2n) is 10.3. The largest absolute Gasteiger partial charge is 0.459 e. The van der Waals surface area contributed by atoms with Crippen LogP contribution in [-0.4, -0.2) is 46.9 Å². The van der Waals surface area contributed by atoms with Crippen LogP contribution in [0.15, 0.2) is 21.9 Å². The highest BCUT2D eigenvalue weighted by molar-refractivity contribution is 7.13. The summed E-state index contributed by atoms with van der Waals surface area (Å²) in [6.07, 6.45) is 7.71. The van der Waals surface area contributed by atoms with Gasteiger partial charge in [0.25, 0.3) is 0 Å². The Hall–Kier alpha value is -1.66. The fourth-order valence-electron chi connectivity index (χ4n) is 7.09. The van der Waals surface area contributed by atoms with Crippen LogP contribution in [0.1, 0.15) is 50.0 Å². The van der Waals surface area contributed by atoms with E-state index < -0.39 is 0 Å². The Morgan fingerprint density at radius 2 is 1.77 bits per heavy atom. The summed E-state index contributed by atoms with van der Waals surface area (Å²) in [5.41, 5.74) is 1.10. The predicted molar refractivity (Wildman–Crippen MR) is 117 cm³/mol. The molecule has 1 saturated heterocycles. The van der Waals surface area contributed by atoms with Gasteiger partial charge >= 0.3 is 0 Å². The van der Waals surface area contributed by atoms with E-state index in [1.54, 1.807) is 11.3 Å². The van der Waals surface area contributed by atoms with Crippen LogP contribution in [0.3, 0.4) is 0 Å². The van der Waals surface area contributed by atoms with E-state index in [-0.39, 0.29) is 5.41 Å². The number of furan rings is 1. The molecule has 0 aromatic carbocycles. The number of aromatic nitrogens is 1. The van der Waals surface area contributed by atoms with Crippen LogP contribution in [0, 0.1) is 30.1 Å². The van der Waals surface area contributed by atoms with Gasteiger partial charge in [-0.3, -0.25) is 9.69 Å². The number of carbonyl (C=O) groups excluding carboxylic acids is 1. The standard InChI is InChI=1S/C24H31N3O2S/c1-16-2-3-21(29-16)22-25-20(15-30-22)14-26-4-6-27(7-5-26)23(28)24-11-17-8-18(12-24)10-19(9-17)13-24/h2-3,15,17-19H,4-14H2,1H3. The molecule has 4 saturated carbocycles. The molecular weight excluding hydrogens is 394 g/mol. The number of hydrogen-bond donors (Lipinski definition) is 0. The van der Waals surface area contributed by atoms with Crippen molar-refractivity contribution >= 4 is 17.2 Å². The number of rotatable bonds is 4. The fraction of sp³-hybridized carbons (Fsp3) is 0.667. The molecule has 0 unspecified atom stereocenters. The van der Waals surface area contributed by atoms with Gasteiger partial charge in [-0.25, -0.2) is 4.98 Å². The lowest BCUT2D eigenvalue weighted by Crippen LogP contribution is -2.58. The van der Waals surface area contributed by atoms with Gasteiger partial charge in [-0.2, -0.15) is 0 Å². The molecule has 1 aliphatic heterocycles. The monoisotopic (exact) mass is 425 g/mol. The van der Waals surface area contributed by atoms with Crippen LogP contribution in [-0.2, 0) is 11.3 Å². The number of piperazine rings is 1. The van der Waals surface area contributed by atoms with E-state index in [0.29, 0.717) is 5.91 Å². The van der Waals surface area contributed by atoms with Gasteiger partial charge in [-0.1, -0.05) is 0 Å². The molecule has 0 radical (unpaired) electrons. The van der Waals surface area contributed by atoms with E-state index in [2.05, 4.69) is 15.2 Å². The molecule has 6 heteroatoms. The van der Waals surface area contributed by atoms with Crippen LogP contribution in [0.5, 0.6) is 0 Å². The molecule has 3 heterocycles. The summed E-state index contributed by atoms with van der Waals surface area (Å²) in [6.45, 7) is 6.46. The first kappa shape index (κ1) is 19.1. The average molecular weight is 426 g/mol. The molecule has 5 nitrogen and oxygen atoms in total. The molecule has 160 valence electrons. The fourth-order valence-corrected chi connectivity index (χ4v) is 7.86. The van der Waals surface area contributed by atoms with E-state index >= 15 is 0 Å². The third-order valence-electron chi connectivity index (χ3n) is 8.04. The van der Waals surface area contributed by atoms with Gasteiger partial charge in [0.1, 0.15) is 5.76 Å². The normalized spacial score (nSPS) is 33.4. The summed E-state index contributed by atoms with van der Waals surface area (Å²) in [5.74, 6) is 4.76. The number of aryl methyl sites for hydroxylation is 1. The van der Waals surface area contributed by atoms with Gasteiger partial charge in [0.15, 0.2) is 10.8 Å². The van der Waals surface area contributed by atoms with Gasteiger partial charge < -0.3 is 9.32 Å². The maximum Gasteiger partial charge on any atom is 0.228 e. The zero-order valence-corrected chi connectivity index (χ0v) is 18.6. The van der Waals surface area contributed by atoms with Crippen molar-refractivity contribution in [3.05, 3.63) is 29.0 Å². The molecule has 30 heavy (non-hydrogen) atoms. The first-order chi connectivity index (χ1) is 14.6. The van der Waals surface area contributed by atoms with Crippen molar-refractivity contribution in [3.8, 4) is 10.8 Å². The molecule has 7 rings (SSSR count). The molecule has 1 amide bonds. The average Bonchev–Trinajstić information content (AvgIpc) is 3.36. The zero-order chi connectivity index (χ0) is 20.3. The lowest BCUT2D eigenvalue weighted by Gasteiger charge is -2.57. The van der Waals surface area contributed by atoms with Crippen molar-refractivity contribution in [2.75, 3.05) is 26.2 Å². The lowest BCUT2D eigenvalue weighted by molar-refractivity contribution is -0.159. The molecular formula is C24H31N3O2S. The number of hydrogen-bond acceptors (Lipinski definition) is 5. The van der Waals surface area contributed by atoms with Crippen LogP contribution in [0.2, 0.25) is 0 Å². The topological polar surface area (TPSA) is 49.6 Å². The molecule has 0 N–H and O–H groups in total. The van der Waals surface area contributed by atoms with E-state index in [1.165, 1.54) is 38.5 Å². The Bertz CT molecular complexity index is 905. The molecule has 5 aliphatic rings. The Morgan fingerprint density at radius 3 is 2.37 bits per heavy atom. The van der Waals surface area contributed by atoms with Crippen molar-refractivity contribution < 1.29 is 9.21 Å². The molecule has 2 aromatic rings. The smallest absolute Gasteiger partial charge is 0.228 e. The van der Waals surface area contributed by atoms with E-state index in [4.69, 9.17) is 9.40 Å². The number of carbonyl (C=O) groups is 1. The lowest BCUT2D eigenvalue weighted by atomic mass is 9.49. The highest BCUT2D eigenvalue weighted by atomic mass is 32.1. The van der Waals surface area contributed by atoms with Crippen LogP contribution >= 0.6 is 11.3 Å². The quantitative estimate of drug-likeness (QED) is 0.720. The van der Waals surface area contributed by atoms with Crippen LogP contribution in [0.25, 0.3) is 10.8 Å². The summed E-state index contributed by atoms with van der Waals surface area (Å²) >= 11 is 1.65. The zero-order valence-electron chi connectivity index (χ0n) is 17.8. The number of thiazole rings is 1. The van der Waals surface area contributed by atoms with E-state index in [0.717, 1.165) is 72.7 Å². The first-order valence-corrected chi connectivity index (χ1v) is 12.5. The summed E-state index contributed by atoms with van der Waals surface area (Å²) < 4.78 is 5.70. The Balaban J connectivity index is 1.07. The molecule has 0 atom stereocenters. The van der Waals surface area contributed by atoms with E-state index in [1.807, 2.05) is 19.1 Å². The van der Waals surface area contributed by atoms with Crippen molar-refractivity contribution in [2.24, 2.45) is 23.2 Å². The maximum absolute atomic E-state index is 13.6. The van der Waals surface area contributed by atoms with Gasteiger partial charge in [0, 0.05) is 38.1 Å². The first-order valence-electron chi connectivity index (χ1n) is 11.6. The SMILES string of the molecule is Cc1ccc(-c2nc(CN3CCN(C(=O)C45CC6CC(CC(C6)C4)C5)CC3)cs2)o1. The van der Waals surface area contributed by atoms with Crippen molar-refractivity contribution in [1.29, 1.82) is 0 Å². The third-order valence-corrected chi connectivity index (χ3v) is 8.95. The summed E-state index contributed by atoms with van der Waals surface area (Å²) in [4.78, 5) is 23.0. The summed E-state index contributed by atoms with van der Waals surface area (Å²) in [7, 11) is 0. The molecule has 4 aliphatic carbocycles. The maximum atomic E-state index is 13.6. The van der Waals surface area contributed by atoms with Crippen LogP contribution < -0.4 is 0 Å². The minimum absolute atomic E-state index is 0.00189. The summed E-state index contributed by atoms with van der Waals surface area (Å²) in [6, 6.07) is 3.98. The van der Waals surface area contributed by atoms with Crippen molar-refractivity contribution in [3.63, 3.8) is 0 Å². The second-order valence-corrected chi connectivity index (χ2v) is 11.2. The Labute approximate surface area is 182 Å². The molecule has 5 fully saturated rings. The number of amides is 1. The second kappa shape index (κ2) is 7.20. The van der Waals surface area contributed by atoms with Crippen molar-refractivity contribution in [2.45, 2.75) is 52.0 Å². The van der Waals surface area contributed by atoms with Gasteiger partial charge in [-0.15, -0.1) is 11.3 Å². The number of nitrogens with zero attached hydrogens (tertiary/aromatic N) is 3. The summed E-state index contributed by atoms with van der Waals surface area (Å²) in [5, 5.41) is 3.09. The Morgan fingerprint density at radius 1 is 1.10 bits per heavy atom. The molecule has 0 spiro atoms. The minimum Gasteiger partial charge on any atom is -0.459 e. The van der Waals surface area contributed by atoms with Gasteiger partial charge in [-0.05, 0) is 75.3 Å². The Kier molecular flexibility index (Phi) is 4.57. The van der Waals surface area contributed by atoms with E-state index in [9.17, 15) is 4.79 Å². The van der Waals surface area contributed by atoms with Gasteiger partial charge in [0.05, 0.1) is 11.1 Å². The van der Waals surface area contributed by atoms with Crippen LogP contribution in [0.4, 0.5) is 0 Å². The third kappa shape index (κ3) is 3.32. The molecule has 2 aromatic heterocycles. The van der Waals surface area contributed by atoms with Crippen molar-refractivity contribution in [1.82, 2.24) is 14.8 Å². The minimum atomic E-state index is 0.00189. The predicted octanol–water partition coefficient (Wildman–Crippen LogP) is 4.57. The molecule has 4 bridgehead atoms. The van der Waals surface area contributed by atoms with Gasteiger partial charge in [0.2, 0.25) is 5.91 Å². The highest BCUT2D eigenvalue weighted by Crippen LogP contribution is 2.60. The highest BCUT2D eigenvalue weighted by Gasteiger charge is 2.55.